The van der Waals surface area contributed by atoms with Crippen molar-refractivity contribution in [2.45, 2.75) is 31.4 Å². The Morgan fingerprint density at radius 1 is 1.27 bits per heavy atom. The molecular formula is C17H18ClN5O3. The van der Waals surface area contributed by atoms with Crippen LogP contribution in [0.5, 0.6) is 0 Å². The molecule has 136 valence electrons. The highest BCUT2D eigenvalue weighted by molar-refractivity contribution is 6.30. The van der Waals surface area contributed by atoms with E-state index in [4.69, 9.17) is 16.3 Å². The molecule has 1 aliphatic heterocycles. The van der Waals surface area contributed by atoms with Gasteiger partial charge < -0.3 is 24.8 Å². The highest BCUT2D eigenvalue weighted by Gasteiger charge is 2.35. The highest BCUT2D eigenvalue weighted by atomic mass is 35.5. The Hall–Kier alpha value is -2.26. The number of ether oxygens (including phenoxy) is 1. The van der Waals surface area contributed by atoms with Crippen LogP contribution in [0.2, 0.25) is 5.02 Å². The summed E-state index contributed by atoms with van der Waals surface area (Å²) in [6.07, 6.45) is 0.807. The first-order chi connectivity index (χ1) is 12.6. The molecule has 0 radical (unpaired) electrons. The minimum atomic E-state index is -0.922. The number of rotatable bonds is 5. The molecular weight excluding hydrogens is 358 g/mol. The molecule has 0 bridgehead atoms. The number of imidazole rings is 1. The molecule has 1 fully saturated rings. The van der Waals surface area contributed by atoms with Gasteiger partial charge in [-0.05, 0) is 17.7 Å². The molecule has 3 aromatic rings. The number of halogens is 1. The van der Waals surface area contributed by atoms with Crippen molar-refractivity contribution in [1.29, 1.82) is 0 Å². The molecule has 8 nitrogen and oxygen atoms in total. The molecule has 4 rings (SSSR count). The fourth-order valence-corrected chi connectivity index (χ4v) is 3.21. The maximum absolute atomic E-state index is 9.95. The van der Waals surface area contributed by atoms with E-state index in [0.29, 0.717) is 35.1 Å². The van der Waals surface area contributed by atoms with Gasteiger partial charge in [0.25, 0.3) is 0 Å². The molecule has 1 saturated heterocycles. The Kier molecular flexibility index (Phi) is 4.73. The summed E-state index contributed by atoms with van der Waals surface area (Å²) in [6.45, 7) is 1.02. The topological polar surface area (TPSA) is 105 Å². The lowest BCUT2D eigenvalue weighted by Crippen LogP contribution is -2.32. The van der Waals surface area contributed by atoms with Crippen LogP contribution in [0, 0.1) is 0 Å². The molecule has 0 spiro atoms. The van der Waals surface area contributed by atoms with Crippen molar-refractivity contribution in [3.8, 4) is 0 Å². The number of benzene rings is 1. The zero-order valence-corrected chi connectivity index (χ0v) is 14.5. The lowest BCUT2D eigenvalue weighted by Gasteiger charge is -2.15. The van der Waals surface area contributed by atoms with Crippen LogP contribution in [0.25, 0.3) is 11.2 Å². The second-order valence-corrected chi connectivity index (χ2v) is 6.64. The molecule has 0 saturated carbocycles. The van der Waals surface area contributed by atoms with Crippen molar-refractivity contribution in [1.82, 2.24) is 19.5 Å². The van der Waals surface area contributed by atoms with Crippen molar-refractivity contribution in [2.24, 2.45) is 0 Å². The number of hydrogen-bond donors (Lipinski definition) is 3. The van der Waals surface area contributed by atoms with Crippen LogP contribution in [0.15, 0.2) is 36.9 Å². The van der Waals surface area contributed by atoms with Crippen LogP contribution in [-0.2, 0) is 17.8 Å². The fraction of sp³-hybridized carbons (Fsp3) is 0.353. The van der Waals surface area contributed by atoms with E-state index in [1.54, 1.807) is 10.9 Å². The molecule has 3 N–H and O–H groups in total. The molecule has 3 heterocycles. The Morgan fingerprint density at radius 3 is 2.92 bits per heavy atom. The van der Waals surface area contributed by atoms with Gasteiger partial charge in [0.2, 0.25) is 0 Å². The fourth-order valence-electron chi connectivity index (χ4n) is 3.00. The van der Waals surface area contributed by atoms with Gasteiger partial charge in [0.15, 0.2) is 11.5 Å². The number of fused-ring (bicyclic) bond motifs is 1. The summed E-state index contributed by atoms with van der Waals surface area (Å²) in [4.78, 5) is 12.9. The third-order valence-electron chi connectivity index (χ3n) is 4.38. The van der Waals surface area contributed by atoms with Crippen molar-refractivity contribution < 1.29 is 14.9 Å². The van der Waals surface area contributed by atoms with Gasteiger partial charge in [-0.1, -0.05) is 23.7 Å². The number of hydrogen-bond acceptors (Lipinski definition) is 7. The maximum atomic E-state index is 9.95. The SMILES string of the molecule is O[C@H]1[C@@H](O)CO[C@@H]1Cn1cnc2c(NCc3cccc(Cl)c3)ncnc21. The number of anilines is 1. The van der Waals surface area contributed by atoms with Crippen LogP contribution in [0.4, 0.5) is 5.82 Å². The summed E-state index contributed by atoms with van der Waals surface area (Å²) in [6, 6.07) is 7.58. The third kappa shape index (κ3) is 3.36. The first kappa shape index (κ1) is 17.2. The average Bonchev–Trinajstić information content (AvgIpc) is 3.19. The zero-order valence-electron chi connectivity index (χ0n) is 13.8. The molecule has 0 amide bonds. The second-order valence-electron chi connectivity index (χ2n) is 6.20. The second kappa shape index (κ2) is 7.16. The molecule has 0 unspecified atom stereocenters. The van der Waals surface area contributed by atoms with Gasteiger partial charge in [-0.15, -0.1) is 0 Å². The first-order valence-corrected chi connectivity index (χ1v) is 8.61. The smallest absolute Gasteiger partial charge is 0.165 e. The summed E-state index contributed by atoms with van der Waals surface area (Å²) in [5.41, 5.74) is 2.29. The number of nitrogens with one attached hydrogen (secondary N) is 1. The number of nitrogens with zero attached hydrogens (tertiary/aromatic N) is 4. The van der Waals surface area contributed by atoms with E-state index >= 15 is 0 Å². The van der Waals surface area contributed by atoms with Crippen LogP contribution in [-0.4, -0.2) is 54.7 Å². The Balaban J connectivity index is 1.53. The highest BCUT2D eigenvalue weighted by Crippen LogP contribution is 2.22. The average molecular weight is 376 g/mol. The molecule has 9 heteroatoms. The summed E-state index contributed by atoms with van der Waals surface area (Å²) in [7, 11) is 0. The summed E-state index contributed by atoms with van der Waals surface area (Å²) >= 11 is 6.01. The monoisotopic (exact) mass is 375 g/mol. The van der Waals surface area contributed by atoms with Crippen molar-refractivity contribution in [3.63, 3.8) is 0 Å². The van der Waals surface area contributed by atoms with Gasteiger partial charge in [0, 0.05) is 11.6 Å². The molecule has 26 heavy (non-hydrogen) atoms. The quantitative estimate of drug-likeness (QED) is 0.615. The molecule has 0 aliphatic carbocycles. The molecule has 1 aromatic carbocycles. The van der Waals surface area contributed by atoms with Gasteiger partial charge in [-0.2, -0.15) is 0 Å². The number of aliphatic hydroxyl groups is 2. The van der Waals surface area contributed by atoms with E-state index in [-0.39, 0.29) is 6.61 Å². The number of aliphatic hydroxyl groups excluding tert-OH is 2. The van der Waals surface area contributed by atoms with E-state index in [0.717, 1.165) is 5.56 Å². The number of aromatic nitrogens is 4. The van der Waals surface area contributed by atoms with Gasteiger partial charge in [0.05, 0.1) is 19.5 Å². The van der Waals surface area contributed by atoms with Gasteiger partial charge >= 0.3 is 0 Å². The summed E-state index contributed by atoms with van der Waals surface area (Å²) in [5, 5.41) is 23.5. The van der Waals surface area contributed by atoms with E-state index in [1.807, 2.05) is 24.3 Å². The van der Waals surface area contributed by atoms with Crippen LogP contribution >= 0.6 is 11.6 Å². The van der Waals surface area contributed by atoms with Gasteiger partial charge in [0.1, 0.15) is 30.2 Å². The molecule has 2 aromatic heterocycles. The first-order valence-electron chi connectivity index (χ1n) is 8.23. The molecule has 3 atom stereocenters. The van der Waals surface area contributed by atoms with Gasteiger partial charge in [-0.3, -0.25) is 0 Å². The van der Waals surface area contributed by atoms with Crippen molar-refractivity contribution in [3.05, 3.63) is 47.5 Å². The Morgan fingerprint density at radius 2 is 2.15 bits per heavy atom. The van der Waals surface area contributed by atoms with E-state index in [9.17, 15) is 10.2 Å². The largest absolute Gasteiger partial charge is 0.388 e. The zero-order chi connectivity index (χ0) is 18.1. The Bertz CT molecular complexity index is 918. The van der Waals surface area contributed by atoms with E-state index in [2.05, 4.69) is 20.3 Å². The maximum Gasteiger partial charge on any atom is 0.165 e. The summed E-state index contributed by atoms with van der Waals surface area (Å²) < 4.78 is 7.21. The van der Waals surface area contributed by atoms with E-state index < -0.39 is 18.3 Å². The Labute approximate surface area is 154 Å². The minimum absolute atomic E-state index is 0.125. The van der Waals surface area contributed by atoms with Gasteiger partial charge in [-0.25, -0.2) is 15.0 Å². The van der Waals surface area contributed by atoms with Crippen LogP contribution in [0.1, 0.15) is 5.56 Å². The minimum Gasteiger partial charge on any atom is -0.388 e. The predicted octanol–water partition coefficient (Wildman–Crippen LogP) is 1.21. The van der Waals surface area contributed by atoms with Crippen LogP contribution < -0.4 is 5.32 Å². The lowest BCUT2D eigenvalue weighted by molar-refractivity contribution is 0.0157. The summed E-state index contributed by atoms with van der Waals surface area (Å²) in [5.74, 6) is 0.613. The van der Waals surface area contributed by atoms with Crippen LogP contribution in [0.3, 0.4) is 0 Å². The standard InChI is InChI=1S/C17H18ClN5O3/c18-11-3-1-2-10(4-11)5-19-16-14-17(21-8-20-16)23(9-22-14)6-13-15(25)12(24)7-26-13/h1-4,8-9,12-13,15,24-25H,5-7H2,(H,19,20,21)/t12-,13+,15-/m0/s1. The third-order valence-corrected chi connectivity index (χ3v) is 4.62. The molecule has 1 aliphatic rings. The van der Waals surface area contributed by atoms with E-state index in [1.165, 1.54) is 6.33 Å². The van der Waals surface area contributed by atoms with Crippen molar-refractivity contribution >= 4 is 28.6 Å². The van der Waals surface area contributed by atoms with Crippen molar-refractivity contribution in [2.75, 3.05) is 11.9 Å². The predicted molar refractivity (Wildman–Crippen MR) is 95.9 cm³/mol. The normalized spacial score (nSPS) is 22.8. The lowest BCUT2D eigenvalue weighted by atomic mass is 10.1.